The third-order valence-electron chi connectivity index (χ3n) is 5.01. The molecule has 1 aliphatic heterocycles. The molecule has 0 spiro atoms. The minimum atomic E-state index is -3.80. The van der Waals surface area contributed by atoms with Gasteiger partial charge in [-0.2, -0.15) is 0 Å². The van der Waals surface area contributed by atoms with E-state index in [9.17, 15) is 22.4 Å². The zero-order valence-corrected chi connectivity index (χ0v) is 18.3. The topological polar surface area (TPSA) is 86.8 Å². The predicted octanol–water partition coefficient (Wildman–Crippen LogP) is 2.06. The monoisotopic (exact) mass is 467 g/mol. The van der Waals surface area contributed by atoms with Gasteiger partial charge in [0, 0.05) is 39.1 Å². The molecular weight excluding hydrogens is 445 g/mol. The summed E-state index contributed by atoms with van der Waals surface area (Å²) in [5.74, 6) is -0.615. The number of amides is 2. The molecule has 7 nitrogen and oxygen atoms in total. The molecule has 1 aliphatic rings. The first-order valence-electron chi connectivity index (χ1n) is 9.80. The largest absolute Gasteiger partial charge is 0.339 e. The lowest BCUT2D eigenvalue weighted by Crippen LogP contribution is -2.51. The number of carbonyl (C=O) groups is 2. The molecule has 2 aromatic carbocycles. The van der Waals surface area contributed by atoms with E-state index in [1.54, 1.807) is 34.1 Å². The molecule has 0 radical (unpaired) electrons. The maximum absolute atomic E-state index is 13.0. The molecule has 31 heavy (non-hydrogen) atoms. The van der Waals surface area contributed by atoms with Gasteiger partial charge in [-0.25, -0.2) is 17.5 Å². The van der Waals surface area contributed by atoms with Crippen molar-refractivity contribution in [2.45, 2.75) is 17.7 Å². The molecule has 2 amide bonds. The molecule has 0 unspecified atom stereocenters. The first-order chi connectivity index (χ1) is 14.8. The number of nitrogens with one attached hydrogen (secondary N) is 1. The second-order valence-corrected chi connectivity index (χ2v) is 9.29. The van der Waals surface area contributed by atoms with E-state index in [2.05, 4.69) is 4.72 Å². The van der Waals surface area contributed by atoms with Crippen LogP contribution in [0.15, 0.2) is 53.4 Å². The van der Waals surface area contributed by atoms with Crippen LogP contribution in [0.5, 0.6) is 0 Å². The van der Waals surface area contributed by atoms with Crippen LogP contribution in [0, 0.1) is 5.82 Å². The van der Waals surface area contributed by atoms with Gasteiger partial charge in [0.1, 0.15) is 10.7 Å². The Bertz CT molecular complexity index is 1040. The summed E-state index contributed by atoms with van der Waals surface area (Å²) in [7, 11) is -3.80. The van der Waals surface area contributed by atoms with Crippen LogP contribution in [0.25, 0.3) is 0 Å². The van der Waals surface area contributed by atoms with Crippen LogP contribution < -0.4 is 4.72 Å². The number of piperazine rings is 1. The average Bonchev–Trinajstić information content (AvgIpc) is 2.75. The number of nitrogens with zero attached hydrogens (tertiary/aromatic N) is 2. The lowest BCUT2D eigenvalue weighted by atomic mass is 10.1. The van der Waals surface area contributed by atoms with Crippen LogP contribution >= 0.6 is 11.6 Å². The zero-order chi connectivity index (χ0) is 22.4. The van der Waals surface area contributed by atoms with Gasteiger partial charge in [0.15, 0.2) is 0 Å². The van der Waals surface area contributed by atoms with E-state index in [1.807, 2.05) is 0 Å². The molecule has 0 aromatic heterocycles. The van der Waals surface area contributed by atoms with E-state index < -0.39 is 10.0 Å². The van der Waals surface area contributed by atoms with E-state index >= 15 is 0 Å². The number of sulfonamides is 1. The SMILES string of the molecule is O=C(CCNS(=O)(=O)c1ccccc1Cl)N1CCN(C(=O)Cc2ccc(F)cc2)CC1. The Morgan fingerprint density at radius 1 is 0.935 bits per heavy atom. The van der Waals surface area contributed by atoms with E-state index in [-0.39, 0.29) is 46.9 Å². The normalized spacial score (nSPS) is 14.5. The predicted molar refractivity (Wildman–Crippen MR) is 115 cm³/mol. The van der Waals surface area contributed by atoms with Crippen LogP contribution in [0.3, 0.4) is 0 Å². The van der Waals surface area contributed by atoms with Gasteiger partial charge in [-0.3, -0.25) is 9.59 Å². The highest BCUT2D eigenvalue weighted by Gasteiger charge is 2.24. The van der Waals surface area contributed by atoms with Crippen LogP contribution in [0.1, 0.15) is 12.0 Å². The molecule has 0 bridgehead atoms. The van der Waals surface area contributed by atoms with Crippen molar-refractivity contribution in [1.29, 1.82) is 0 Å². The summed E-state index contributed by atoms with van der Waals surface area (Å²) in [6, 6.07) is 11.9. The smallest absolute Gasteiger partial charge is 0.242 e. The van der Waals surface area contributed by atoms with Gasteiger partial charge < -0.3 is 9.80 Å². The van der Waals surface area contributed by atoms with Crippen molar-refractivity contribution in [2.75, 3.05) is 32.7 Å². The minimum absolute atomic E-state index is 0.00715. The number of benzene rings is 2. The summed E-state index contributed by atoms with van der Waals surface area (Å²) in [4.78, 5) is 28.1. The van der Waals surface area contributed by atoms with Gasteiger partial charge in [-0.15, -0.1) is 0 Å². The lowest BCUT2D eigenvalue weighted by molar-refractivity contribution is -0.139. The van der Waals surface area contributed by atoms with Gasteiger partial charge >= 0.3 is 0 Å². The van der Waals surface area contributed by atoms with Crippen LogP contribution in [0.4, 0.5) is 4.39 Å². The number of carbonyl (C=O) groups excluding carboxylic acids is 2. The Labute approximate surface area is 185 Å². The van der Waals surface area contributed by atoms with Crippen molar-refractivity contribution in [1.82, 2.24) is 14.5 Å². The third-order valence-corrected chi connectivity index (χ3v) is 6.97. The van der Waals surface area contributed by atoms with E-state index in [1.165, 1.54) is 24.3 Å². The minimum Gasteiger partial charge on any atom is -0.339 e. The fourth-order valence-corrected chi connectivity index (χ4v) is 4.83. The molecule has 2 aromatic rings. The summed E-state index contributed by atoms with van der Waals surface area (Å²) < 4.78 is 40.0. The van der Waals surface area contributed by atoms with Gasteiger partial charge in [0.25, 0.3) is 0 Å². The summed E-state index contributed by atoms with van der Waals surface area (Å²) in [6.07, 6.45) is 0.186. The first-order valence-corrected chi connectivity index (χ1v) is 11.7. The molecule has 0 aliphatic carbocycles. The molecule has 1 saturated heterocycles. The molecular formula is C21H23ClFN3O4S. The fourth-order valence-electron chi connectivity index (χ4n) is 3.28. The number of hydrogen-bond acceptors (Lipinski definition) is 4. The average molecular weight is 468 g/mol. The van der Waals surface area contributed by atoms with Gasteiger partial charge in [-0.1, -0.05) is 35.9 Å². The zero-order valence-electron chi connectivity index (χ0n) is 16.8. The summed E-state index contributed by atoms with van der Waals surface area (Å²) in [5.41, 5.74) is 0.732. The van der Waals surface area contributed by atoms with E-state index in [4.69, 9.17) is 11.6 Å². The van der Waals surface area contributed by atoms with Gasteiger partial charge in [0.2, 0.25) is 21.8 Å². The molecule has 0 saturated carbocycles. The van der Waals surface area contributed by atoms with Crippen LogP contribution in [-0.2, 0) is 26.0 Å². The van der Waals surface area contributed by atoms with E-state index in [0.29, 0.717) is 26.2 Å². The van der Waals surface area contributed by atoms with Crippen LogP contribution in [-0.4, -0.2) is 62.8 Å². The second-order valence-electron chi connectivity index (χ2n) is 7.14. The Kier molecular flexibility index (Phi) is 7.64. The van der Waals surface area contributed by atoms with E-state index in [0.717, 1.165) is 5.56 Å². The van der Waals surface area contributed by atoms with Crippen molar-refractivity contribution in [2.24, 2.45) is 0 Å². The Balaban J connectivity index is 1.43. The molecule has 10 heteroatoms. The number of hydrogen-bond donors (Lipinski definition) is 1. The van der Waals surface area contributed by atoms with Gasteiger partial charge in [-0.05, 0) is 29.8 Å². The Morgan fingerprint density at radius 2 is 1.52 bits per heavy atom. The molecule has 0 atom stereocenters. The Hall–Kier alpha value is -2.49. The molecule has 1 heterocycles. The lowest BCUT2D eigenvalue weighted by Gasteiger charge is -2.35. The molecule has 3 rings (SSSR count). The third kappa shape index (κ3) is 6.25. The summed E-state index contributed by atoms with van der Waals surface area (Å²) in [6.45, 7) is 1.51. The quantitative estimate of drug-likeness (QED) is 0.675. The Morgan fingerprint density at radius 3 is 2.13 bits per heavy atom. The highest BCUT2D eigenvalue weighted by molar-refractivity contribution is 7.89. The fraction of sp³-hybridized carbons (Fsp3) is 0.333. The molecule has 1 N–H and O–H groups in total. The summed E-state index contributed by atoms with van der Waals surface area (Å²) >= 11 is 5.93. The number of halogens is 2. The van der Waals surface area contributed by atoms with Crippen LogP contribution in [0.2, 0.25) is 5.02 Å². The van der Waals surface area contributed by atoms with Crippen molar-refractivity contribution in [3.8, 4) is 0 Å². The van der Waals surface area contributed by atoms with Crippen molar-refractivity contribution in [3.63, 3.8) is 0 Å². The van der Waals surface area contributed by atoms with Crippen molar-refractivity contribution < 1.29 is 22.4 Å². The second kappa shape index (κ2) is 10.2. The van der Waals surface area contributed by atoms with Crippen molar-refractivity contribution in [3.05, 3.63) is 64.9 Å². The maximum atomic E-state index is 13.0. The van der Waals surface area contributed by atoms with Gasteiger partial charge in [0.05, 0.1) is 11.4 Å². The standard InChI is InChI=1S/C21H23ClFN3O4S/c22-18-3-1-2-4-19(18)31(29,30)24-10-9-20(27)25-11-13-26(14-12-25)21(28)15-16-5-7-17(23)8-6-16/h1-8,24H,9-15H2. The molecule has 166 valence electrons. The number of rotatable bonds is 7. The van der Waals surface area contributed by atoms with Crippen molar-refractivity contribution >= 4 is 33.4 Å². The maximum Gasteiger partial charge on any atom is 0.242 e. The highest BCUT2D eigenvalue weighted by atomic mass is 35.5. The first kappa shape index (κ1) is 23.2. The highest BCUT2D eigenvalue weighted by Crippen LogP contribution is 2.20. The summed E-state index contributed by atoms with van der Waals surface area (Å²) in [5, 5.41) is 0.114. The molecule has 1 fully saturated rings.